The van der Waals surface area contributed by atoms with Gasteiger partial charge in [-0.1, -0.05) is 22.0 Å². The SMILES string of the molecule is C=CCC[C@H](c1cc(C(F)(F)F)ccc1Br)N1CCNCC1.Cl.Cl. The Morgan fingerprint density at radius 1 is 1.25 bits per heavy atom. The Kier molecular flexibility index (Phi) is 10.5. The quantitative estimate of drug-likeness (QED) is 0.619. The molecule has 1 fully saturated rings. The van der Waals surface area contributed by atoms with Crippen LogP contribution in [-0.4, -0.2) is 31.1 Å². The Labute approximate surface area is 161 Å². The van der Waals surface area contributed by atoms with Crippen molar-refractivity contribution in [2.45, 2.75) is 25.1 Å². The van der Waals surface area contributed by atoms with Gasteiger partial charge in [0.2, 0.25) is 0 Å². The topological polar surface area (TPSA) is 15.3 Å². The van der Waals surface area contributed by atoms with Gasteiger partial charge in [0, 0.05) is 36.7 Å². The second kappa shape index (κ2) is 10.7. The minimum atomic E-state index is -4.32. The van der Waals surface area contributed by atoms with E-state index in [1.165, 1.54) is 12.1 Å². The molecular formula is C16H22BrCl2F3N2. The minimum absolute atomic E-state index is 0. The number of allylic oxidation sites excluding steroid dienone is 1. The molecular weight excluding hydrogens is 428 g/mol. The molecule has 1 aliphatic rings. The Morgan fingerprint density at radius 2 is 1.88 bits per heavy atom. The number of benzene rings is 1. The minimum Gasteiger partial charge on any atom is -0.314 e. The molecule has 0 aliphatic carbocycles. The molecule has 2 rings (SSSR count). The highest BCUT2D eigenvalue weighted by Crippen LogP contribution is 2.37. The standard InChI is InChI=1S/C16H20BrF3N2.2ClH/c1-2-3-4-15(22-9-7-21-8-10-22)13-11-12(16(18,19)20)5-6-14(13)17;;/h2,5-6,11,15,21H,1,3-4,7-10H2;2*1H/t15-;;/m1../s1. The lowest BCUT2D eigenvalue weighted by molar-refractivity contribution is -0.137. The van der Waals surface area contributed by atoms with Crippen molar-refractivity contribution in [1.29, 1.82) is 0 Å². The van der Waals surface area contributed by atoms with E-state index in [1.54, 1.807) is 0 Å². The molecule has 1 saturated heterocycles. The van der Waals surface area contributed by atoms with Gasteiger partial charge in [0.25, 0.3) is 0 Å². The van der Waals surface area contributed by atoms with Gasteiger partial charge in [0.1, 0.15) is 0 Å². The van der Waals surface area contributed by atoms with E-state index in [0.717, 1.165) is 49.6 Å². The maximum absolute atomic E-state index is 13.0. The van der Waals surface area contributed by atoms with E-state index in [2.05, 4.69) is 32.7 Å². The first kappa shape index (κ1) is 23.7. The van der Waals surface area contributed by atoms with Crippen molar-refractivity contribution in [1.82, 2.24) is 10.2 Å². The van der Waals surface area contributed by atoms with Crippen LogP contribution in [0.4, 0.5) is 13.2 Å². The third kappa shape index (κ3) is 6.23. The number of nitrogens with one attached hydrogen (secondary N) is 1. The Bertz CT molecular complexity index is 521. The fraction of sp³-hybridized carbons (Fsp3) is 0.500. The molecule has 0 aromatic heterocycles. The lowest BCUT2D eigenvalue weighted by Crippen LogP contribution is -2.45. The highest BCUT2D eigenvalue weighted by Gasteiger charge is 2.32. The summed E-state index contributed by atoms with van der Waals surface area (Å²) in [7, 11) is 0. The largest absolute Gasteiger partial charge is 0.416 e. The normalized spacial score (nSPS) is 16.7. The number of alkyl halides is 3. The average Bonchev–Trinajstić information content (AvgIpc) is 2.49. The fourth-order valence-corrected chi connectivity index (χ4v) is 3.29. The van der Waals surface area contributed by atoms with E-state index >= 15 is 0 Å². The Hall–Kier alpha value is -0.270. The molecule has 1 atom stereocenters. The van der Waals surface area contributed by atoms with E-state index in [4.69, 9.17) is 0 Å². The van der Waals surface area contributed by atoms with Crippen LogP contribution in [-0.2, 0) is 6.18 Å². The van der Waals surface area contributed by atoms with Gasteiger partial charge in [-0.15, -0.1) is 31.4 Å². The molecule has 0 spiro atoms. The number of hydrogen-bond acceptors (Lipinski definition) is 2. The molecule has 24 heavy (non-hydrogen) atoms. The second-order valence-electron chi connectivity index (χ2n) is 5.40. The maximum Gasteiger partial charge on any atom is 0.416 e. The summed E-state index contributed by atoms with van der Waals surface area (Å²) in [4.78, 5) is 2.25. The van der Waals surface area contributed by atoms with Crippen LogP contribution in [0.5, 0.6) is 0 Å². The van der Waals surface area contributed by atoms with Crippen LogP contribution in [0, 0.1) is 0 Å². The maximum atomic E-state index is 13.0. The number of halogens is 6. The van der Waals surface area contributed by atoms with Gasteiger partial charge in [-0.25, -0.2) is 0 Å². The molecule has 0 saturated carbocycles. The highest BCUT2D eigenvalue weighted by atomic mass is 79.9. The molecule has 1 aromatic carbocycles. The molecule has 8 heteroatoms. The van der Waals surface area contributed by atoms with Gasteiger partial charge in [0.05, 0.1) is 5.56 Å². The Morgan fingerprint density at radius 3 is 2.42 bits per heavy atom. The molecule has 0 radical (unpaired) electrons. The lowest BCUT2D eigenvalue weighted by atomic mass is 9.97. The van der Waals surface area contributed by atoms with Gasteiger partial charge in [-0.2, -0.15) is 13.2 Å². The summed E-state index contributed by atoms with van der Waals surface area (Å²) in [6.45, 7) is 7.13. The second-order valence-corrected chi connectivity index (χ2v) is 6.26. The van der Waals surface area contributed by atoms with Crippen molar-refractivity contribution >= 4 is 40.7 Å². The molecule has 1 aromatic rings. The van der Waals surface area contributed by atoms with Crippen LogP contribution < -0.4 is 5.32 Å². The van der Waals surface area contributed by atoms with Crippen molar-refractivity contribution < 1.29 is 13.2 Å². The van der Waals surface area contributed by atoms with Crippen LogP contribution in [0.1, 0.15) is 30.0 Å². The van der Waals surface area contributed by atoms with Crippen LogP contribution in [0.3, 0.4) is 0 Å². The lowest BCUT2D eigenvalue weighted by Gasteiger charge is -2.36. The molecule has 0 bridgehead atoms. The number of rotatable bonds is 5. The monoisotopic (exact) mass is 448 g/mol. The molecule has 2 nitrogen and oxygen atoms in total. The van der Waals surface area contributed by atoms with Crippen LogP contribution >= 0.6 is 40.7 Å². The van der Waals surface area contributed by atoms with Crippen molar-refractivity contribution in [2.24, 2.45) is 0 Å². The van der Waals surface area contributed by atoms with Crippen molar-refractivity contribution in [2.75, 3.05) is 26.2 Å². The first-order valence-electron chi connectivity index (χ1n) is 7.36. The first-order valence-corrected chi connectivity index (χ1v) is 8.15. The summed E-state index contributed by atoms with van der Waals surface area (Å²) in [6, 6.07) is 3.87. The van der Waals surface area contributed by atoms with E-state index in [9.17, 15) is 13.2 Å². The third-order valence-corrected chi connectivity index (χ3v) is 4.64. The van der Waals surface area contributed by atoms with Crippen LogP contribution in [0.25, 0.3) is 0 Å². The van der Waals surface area contributed by atoms with E-state index in [1.807, 2.05) is 6.08 Å². The fourth-order valence-electron chi connectivity index (χ4n) is 2.78. The predicted octanol–water partition coefficient (Wildman–Crippen LogP) is 5.22. The van der Waals surface area contributed by atoms with E-state index in [0.29, 0.717) is 5.56 Å². The van der Waals surface area contributed by atoms with Gasteiger partial charge < -0.3 is 5.32 Å². The number of nitrogens with zero attached hydrogens (tertiary/aromatic N) is 1. The van der Waals surface area contributed by atoms with E-state index in [-0.39, 0.29) is 30.9 Å². The van der Waals surface area contributed by atoms with Gasteiger partial charge in [0.15, 0.2) is 0 Å². The summed E-state index contributed by atoms with van der Waals surface area (Å²) in [5.41, 5.74) is 0.114. The zero-order valence-corrected chi connectivity index (χ0v) is 16.3. The summed E-state index contributed by atoms with van der Waals surface area (Å²) < 4.78 is 39.7. The van der Waals surface area contributed by atoms with Gasteiger partial charge in [-0.05, 0) is 36.6 Å². The van der Waals surface area contributed by atoms with Crippen molar-refractivity contribution in [3.63, 3.8) is 0 Å². The van der Waals surface area contributed by atoms with Crippen molar-refractivity contribution in [3.05, 3.63) is 46.5 Å². The molecule has 0 amide bonds. The smallest absolute Gasteiger partial charge is 0.314 e. The van der Waals surface area contributed by atoms with Crippen LogP contribution in [0.2, 0.25) is 0 Å². The highest BCUT2D eigenvalue weighted by molar-refractivity contribution is 9.10. The third-order valence-electron chi connectivity index (χ3n) is 3.92. The summed E-state index contributed by atoms with van der Waals surface area (Å²) in [6.07, 6.45) is -0.959. The molecule has 0 unspecified atom stereocenters. The first-order chi connectivity index (χ1) is 10.4. The summed E-state index contributed by atoms with van der Waals surface area (Å²) >= 11 is 3.42. The summed E-state index contributed by atoms with van der Waals surface area (Å²) in [5, 5.41) is 3.27. The molecule has 138 valence electrons. The summed E-state index contributed by atoms with van der Waals surface area (Å²) in [5.74, 6) is 0. The van der Waals surface area contributed by atoms with Crippen molar-refractivity contribution in [3.8, 4) is 0 Å². The molecule has 1 aliphatic heterocycles. The van der Waals surface area contributed by atoms with Gasteiger partial charge >= 0.3 is 6.18 Å². The number of piperazine rings is 1. The number of hydrogen-bond donors (Lipinski definition) is 1. The molecule has 1 heterocycles. The molecule has 1 N–H and O–H groups in total. The Balaban J connectivity index is 0.00000264. The average molecular weight is 450 g/mol. The van der Waals surface area contributed by atoms with Crippen LogP contribution in [0.15, 0.2) is 35.3 Å². The van der Waals surface area contributed by atoms with E-state index < -0.39 is 11.7 Å². The zero-order chi connectivity index (χ0) is 16.2. The predicted molar refractivity (Wildman–Crippen MR) is 100 cm³/mol. The zero-order valence-electron chi connectivity index (χ0n) is 13.1. The van der Waals surface area contributed by atoms with Gasteiger partial charge in [-0.3, -0.25) is 4.90 Å².